The highest BCUT2D eigenvalue weighted by Crippen LogP contribution is 2.16. The van der Waals surface area contributed by atoms with Crippen LogP contribution in [-0.2, 0) is 0 Å². The maximum Gasteiger partial charge on any atom is 0.133 e. The third-order valence-electron chi connectivity index (χ3n) is 1.19. The molecule has 0 unspecified atom stereocenters. The van der Waals surface area contributed by atoms with Gasteiger partial charge in [-0.05, 0) is 12.1 Å². The van der Waals surface area contributed by atoms with E-state index in [9.17, 15) is 4.39 Å². The molecule has 0 spiro atoms. The van der Waals surface area contributed by atoms with Crippen LogP contribution in [-0.4, -0.2) is 11.4 Å². The summed E-state index contributed by atoms with van der Waals surface area (Å²) in [5.74, 6) is -0.504. The highest BCUT2D eigenvalue weighted by Gasteiger charge is 2.02. The molecule has 0 aliphatic carbocycles. The van der Waals surface area contributed by atoms with Crippen LogP contribution in [0.3, 0.4) is 0 Å². The predicted octanol–water partition coefficient (Wildman–Crippen LogP) is 2.29. The van der Waals surface area contributed by atoms with Crippen LogP contribution in [0.4, 0.5) is 4.39 Å². The first-order valence-electron chi connectivity index (χ1n) is 2.87. The lowest BCUT2D eigenvalue weighted by Gasteiger charge is -1.96. The Bertz CT molecular complexity index is 268. The highest BCUT2D eigenvalue weighted by atomic mass is 35.5. The van der Waals surface area contributed by atoms with Crippen molar-refractivity contribution in [2.24, 2.45) is 5.16 Å². The molecule has 1 N–H and O–H groups in total. The van der Waals surface area contributed by atoms with Gasteiger partial charge in [0.05, 0.1) is 16.8 Å². The fraction of sp³-hybridized carbons (Fsp3) is 0. The molecule has 0 bridgehead atoms. The standard InChI is InChI=1S/C7H5ClFNO/c8-6-2-1-3-7(9)5(6)4-10-11/h1-4,11H. The van der Waals surface area contributed by atoms with Gasteiger partial charge in [-0.2, -0.15) is 0 Å². The average Bonchev–Trinajstić information content (AvgIpc) is 1.97. The zero-order chi connectivity index (χ0) is 8.27. The monoisotopic (exact) mass is 173 g/mol. The van der Waals surface area contributed by atoms with E-state index in [4.69, 9.17) is 16.8 Å². The van der Waals surface area contributed by atoms with Gasteiger partial charge in [0.25, 0.3) is 0 Å². The van der Waals surface area contributed by atoms with E-state index in [2.05, 4.69) is 5.16 Å². The van der Waals surface area contributed by atoms with E-state index in [1.54, 1.807) is 0 Å². The summed E-state index contributed by atoms with van der Waals surface area (Å²) in [5.41, 5.74) is 0.0941. The van der Waals surface area contributed by atoms with Crippen LogP contribution in [0.1, 0.15) is 5.56 Å². The van der Waals surface area contributed by atoms with Gasteiger partial charge in [-0.3, -0.25) is 0 Å². The molecule has 11 heavy (non-hydrogen) atoms. The molecule has 0 heterocycles. The molecular weight excluding hydrogens is 169 g/mol. The Labute approximate surface area is 67.9 Å². The van der Waals surface area contributed by atoms with Crippen LogP contribution in [0.5, 0.6) is 0 Å². The molecule has 0 aromatic heterocycles. The Balaban J connectivity index is 3.20. The second-order valence-corrected chi connectivity index (χ2v) is 2.29. The summed E-state index contributed by atoms with van der Waals surface area (Å²) < 4.78 is 12.8. The minimum absolute atomic E-state index is 0.0941. The zero-order valence-electron chi connectivity index (χ0n) is 5.46. The largest absolute Gasteiger partial charge is 0.411 e. The number of oxime groups is 1. The van der Waals surface area contributed by atoms with Crippen molar-refractivity contribution < 1.29 is 9.60 Å². The molecule has 2 nitrogen and oxygen atoms in total. The first-order chi connectivity index (χ1) is 5.25. The number of hydrogen-bond acceptors (Lipinski definition) is 2. The van der Waals surface area contributed by atoms with Crippen molar-refractivity contribution in [3.8, 4) is 0 Å². The third kappa shape index (κ3) is 1.68. The summed E-state index contributed by atoms with van der Waals surface area (Å²) in [6.45, 7) is 0. The molecule has 1 aromatic rings. The maximum atomic E-state index is 12.8. The summed E-state index contributed by atoms with van der Waals surface area (Å²) in [5, 5.41) is 11.0. The Morgan fingerprint density at radius 3 is 2.82 bits per heavy atom. The van der Waals surface area contributed by atoms with Crippen molar-refractivity contribution in [1.82, 2.24) is 0 Å². The number of hydrogen-bond donors (Lipinski definition) is 1. The smallest absolute Gasteiger partial charge is 0.133 e. The Morgan fingerprint density at radius 1 is 1.55 bits per heavy atom. The Hall–Kier alpha value is -1.09. The van der Waals surface area contributed by atoms with Gasteiger partial charge in [0, 0.05) is 0 Å². The molecule has 4 heteroatoms. The molecule has 58 valence electrons. The van der Waals surface area contributed by atoms with Gasteiger partial charge in [0.15, 0.2) is 0 Å². The van der Waals surface area contributed by atoms with Crippen molar-refractivity contribution in [1.29, 1.82) is 0 Å². The van der Waals surface area contributed by atoms with E-state index in [1.165, 1.54) is 18.2 Å². The van der Waals surface area contributed by atoms with Gasteiger partial charge < -0.3 is 5.21 Å². The molecule has 0 amide bonds. The SMILES string of the molecule is ON=Cc1c(F)cccc1Cl. The van der Waals surface area contributed by atoms with Crippen LogP contribution in [0, 0.1) is 5.82 Å². The Kier molecular flexibility index (Phi) is 2.44. The van der Waals surface area contributed by atoms with Gasteiger partial charge >= 0.3 is 0 Å². The van der Waals surface area contributed by atoms with Crippen molar-refractivity contribution in [3.63, 3.8) is 0 Å². The quantitative estimate of drug-likeness (QED) is 0.395. The van der Waals surface area contributed by atoms with Crippen LogP contribution < -0.4 is 0 Å². The summed E-state index contributed by atoms with van der Waals surface area (Å²) in [6, 6.07) is 4.23. The predicted molar refractivity (Wildman–Crippen MR) is 40.8 cm³/mol. The van der Waals surface area contributed by atoms with Crippen molar-refractivity contribution >= 4 is 17.8 Å². The molecule has 1 rings (SSSR count). The highest BCUT2D eigenvalue weighted by molar-refractivity contribution is 6.33. The van der Waals surface area contributed by atoms with E-state index >= 15 is 0 Å². The fourth-order valence-electron chi connectivity index (χ4n) is 0.692. The minimum atomic E-state index is -0.504. The van der Waals surface area contributed by atoms with Crippen LogP contribution in [0.25, 0.3) is 0 Å². The molecule has 0 saturated carbocycles. The first-order valence-corrected chi connectivity index (χ1v) is 3.25. The second kappa shape index (κ2) is 3.34. The van der Waals surface area contributed by atoms with E-state index in [0.29, 0.717) is 0 Å². The van der Waals surface area contributed by atoms with Gasteiger partial charge in [-0.15, -0.1) is 0 Å². The minimum Gasteiger partial charge on any atom is -0.411 e. The van der Waals surface area contributed by atoms with Gasteiger partial charge in [0.2, 0.25) is 0 Å². The lowest BCUT2D eigenvalue weighted by Crippen LogP contribution is -1.88. The summed E-state index contributed by atoms with van der Waals surface area (Å²) in [6.07, 6.45) is 0.956. The number of halogens is 2. The fourth-order valence-corrected chi connectivity index (χ4v) is 0.904. The van der Waals surface area contributed by atoms with Crippen molar-refractivity contribution in [2.45, 2.75) is 0 Å². The zero-order valence-corrected chi connectivity index (χ0v) is 6.22. The molecule has 0 aliphatic rings. The summed E-state index contributed by atoms with van der Waals surface area (Å²) in [7, 11) is 0. The van der Waals surface area contributed by atoms with Crippen molar-refractivity contribution in [3.05, 3.63) is 34.6 Å². The number of nitrogens with zero attached hydrogens (tertiary/aromatic N) is 1. The normalized spacial score (nSPS) is 10.7. The van der Waals surface area contributed by atoms with E-state index in [0.717, 1.165) is 6.21 Å². The molecule has 0 saturated heterocycles. The molecular formula is C7H5ClFNO. The van der Waals surface area contributed by atoms with Crippen LogP contribution in [0.2, 0.25) is 5.02 Å². The molecule has 0 aliphatic heterocycles. The van der Waals surface area contributed by atoms with Crippen molar-refractivity contribution in [2.75, 3.05) is 0 Å². The molecule has 0 radical (unpaired) electrons. The van der Waals surface area contributed by atoms with Gasteiger partial charge in [-0.25, -0.2) is 4.39 Å². The van der Waals surface area contributed by atoms with Crippen LogP contribution >= 0.6 is 11.6 Å². The van der Waals surface area contributed by atoms with E-state index < -0.39 is 5.82 Å². The second-order valence-electron chi connectivity index (χ2n) is 1.88. The molecule has 1 aromatic carbocycles. The first kappa shape index (κ1) is 8.01. The summed E-state index contributed by atoms with van der Waals surface area (Å²) >= 11 is 5.57. The Morgan fingerprint density at radius 2 is 2.27 bits per heavy atom. The number of benzene rings is 1. The van der Waals surface area contributed by atoms with E-state index in [1.807, 2.05) is 0 Å². The number of rotatable bonds is 1. The topological polar surface area (TPSA) is 32.6 Å². The lowest BCUT2D eigenvalue weighted by atomic mass is 10.2. The van der Waals surface area contributed by atoms with Gasteiger partial charge in [0.1, 0.15) is 5.82 Å². The maximum absolute atomic E-state index is 12.8. The molecule has 0 atom stereocenters. The average molecular weight is 174 g/mol. The lowest BCUT2D eigenvalue weighted by molar-refractivity contribution is 0.321. The van der Waals surface area contributed by atoms with E-state index in [-0.39, 0.29) is 10.6 Å². The third-order valence-corrected chi connectivity index (χ3v) is 1.52. The van der Waals surface area contributed by atoms with Gasteiger partial charge in [-0.1, -0.05) is 22.8 Å². The molecule has 0 fully saturated rings. The summed E-state index contributed by atoms with van der Waals surface area (Å²) in [4.78, 5) is 0. The van der Waals surface area contributed by atoms with Crippen LogP contribution in [0.15, 0.2) is 23.4 Å².